The largest absolute Gasteiger partial charge is 0.493 e. The van der Waals surface area contributed by atoms with Crippen LogP contribution in [0.3, 0.4) is 0 Å². The number of benzene rings is 2. The maximum Gasteiger partial charge on any atom is 0.221 e. The van der Waals surface area contributed by atoms with E-state index >= 15 is 0 Å². The first-order valence-corrected chi connectivity index (χ1v) is 11.8. The lowest BCUT2D eigenvalue weighted by Crippen LogP contribution is -2.46. The van der Waals surface area contributed by atoms with Gasteiger partial charge in [-0.3, -0.25) is 14.5 Å². The molecule has 34 heavy (non-hydrogen) atoms. The SMILES string of the molecule is NC(=S)N=Nc1c(O)n(CN2CCN(c3ccnc4cc(Cl)ccc34)CC2)c2cc(Cl)ccc12. The summed E-state index contributed by atoms with van der Waals surface area (Å²) in [6.45, 7) is 3.75. The number of hydrogen-bond donors (Lipinski definition) is 2. The molecule has 0 spiro atoms. The monoisotopic (exact) mass is 513 g/mol. The van der Waals surface area contributed by atoms with Gasteiger partial charge in [0.2, 0.25) is 11.0 Å². The van der Waals surface area contributed by atoms with Crippen LogP contribution in [0.4, 0.5) is 11.4 Å². The Hall–Kier alpha value is -2.98. The van der Waals surface area contributed by atoms with Crippen molar-refractivity contribution in [2.45, 2.75) is 6.67 Å². The number of piperazine rings is 1. The molecule has 5 rings (SSSR count). The summed E-state index contributed by atoms with van der Waals surface area (Å²) in [4.78, 5) is 9.06. The van der Waals surface area contributed by atoms with Crippen molar-refractivity contribution in [1.29, 1.82) is 0 Å². The molecule has 1 saturated heterocycles. The molecule has 0 radical (unpaired) electrons. The molecule has 0 saturated carbocycles. The van der Waals surface area contributed by atoms with Crippen molar-refractivity contribution in [3.8, 4) is 5.88 Å². The van der Waals surface area contributed by atoms with Crippen LogP contribution in [0.5, 0.6) is 5.88 Å². The third-order valence-electron chi connectivity index (χ3n) is 5.96. The van der Waals surface area contributed by atoms with E-state index in [2.05, 4.69) is 25.0 Å². The second-order valence-electron chi connectivity index (χ2n) is 8.04. The van der Waals surface area contributed by atoms with Crippen LogP contribution < -0.4 is 10.6 Å². The topological polar surface area (TPSA) is 95.3 Å². The first-order valence-electron chi connectivity index (χ1n) is 10.6. The minimum Gasteiger partial charge on any atom is -0.493 e. The van der Waals surface area contributed by atoms with E-state index in [9.17, 15) is 5.11 Å². The molecule has 2 aromatic carbocycles. The first kappa shape index (κ1) is 22.8. The van der Waals surface area contributed by atoms with Crippen molar-refractivity contribution in [2.75, 3.05) is 31.1 Å². The summed E-state index contributed by atoms with van der Waals surface area (Å²) >= 11 is 17.2. The predicted molar refractivity (Wildman–Crippen MR) is 140 cm³/mol. The summed E-state index contributed by atoms with van der Waals surface area (Å²) in [5.74, 6) is -0.00305. The molecular weight excluding hydrogens is 493 g/mol. The average Bonchev–Trinajstić information content (AvgIpc) is 3.07. The number of pyridine rings is 1. The van der Waals surface area contributed by atoms with E-state index in [1.807, 2.05) is 30.5 Å². The van der Waals surface area contributed by atoms with Crippen molar-refractivity contribution in [1.82, 2.24) is 14.5 Å². The van der Waals surface area contributed by atoms with Gasteiger partial charge < -0.3 is 15.7 Å². The van der Waals surface area contributed by atoms with Crippen LogP contribution in [-0.2, 0) is 6.67 Å². The van der Waals surface area contributed by atoms with E-state index < -0.39 is 0 Å². The van der Waals surface area contributed by atoms with Crippen LogP contribution in [0.25, 0.3) is 21.8 Å². The van der Waals surface area contributed by atoms with Gasteiger partial charge in [-0.25, -0.2) is 0 Å². The normalized spacial score (nSPS) is 15.1. The van der Waals surface area contributed by atoms with Crippen molar-refractivity contribution in [3.63, 3.8) is 0 Å². The Labute approximate surface area is 211 Å². The van der Waals surface area contributed by atoms with Crippen molar-refractivity contribution < 1.29 is 5.11 Å². The Morgan fingerprint density at radius 3 is 2.47 bits per heavy atom. The molecule has 8 nitrogen and oxygen atoms in total. The van der Waals surface area contributed by atoms with Gasteiger partial charge in [-0.1, -0.05) is 23.2 Å². The molecule has 0 amide bonds. The van der Waals surface area contributed by atoms with Gasteiger partial charge in [-0.15, -0.1) is 10.2 Å². The van der Waals surface area contributed by atoms with Gasteiger partial charge in [-0.05, 0) is 54.7 Å². The maximum absolute atomic E-state index is 10.9. The Morgan fingerprint density at radius 1 is 1.03 bits per heavy atom. The molecule has 11 heteroatoms. The molecule has 4 aromatic rings. The average molecular weight is 514 g/mol. The van der Waals surface area contributed by atoms with E-state index in [1.54, 1.807) is 22.8 Å². The van der Waals surface area contributed by atoms with E-state index in [0.717, 1.165) is 53.7 Å². The summed E-state index contributed by atoms with van der Waals surface area (Å²) < 4.78 is 1.79. The van der Waals surface area contributed by atoms with Crippen LogP contribution in [0, 0.1) is 0 Å². The third kappa shape index (κ3) is 4.39. The minimum absolute atomic E-state index is 0.00305. The summed E-state index contributed by atoms with van der Waals surface area (Å²) in [7, 11) is 0. The number of aromatic hydroxyl groups is 1. The molecule has 3 N–H and O–H groups in total. The number of azo groups is 1. The molecule has 2 aromatic heterocycles. The van der Waals surface area contributed by atoms with Crippen molar-refractivity contribution in [3.05, 3.63) is 58.7 Å². The van der Waals surface area contributed by atoms with Crippen molar-refractivity contribution in [2.24, 2.45) is 16.0 Å². The van der Waals surface area contributed by atoms with Crippen LogP contribution in [0.1, 0.15) is 0 Å². The van der Waals surface area contributed by atoms with E-state index in [0.29, 0.717) is 22.4 Å². The second kappa shape index (κ2) is 9.34. The standard InChI is InChI=1S/C23H21Cl2N7OS/c24-14-1-3-16-18(11-14)27-6-5-19(16)31-9-7-30(8-10-31)13-32-20-12-15(25)2-4-17(20)21(22(32)33)28-29-23(26)34/h1-6,11-12,33H,7-10,13H2,(H2,26,34). The Morgan fingerprint density at radius 2 is 1.74 bits per heavy atom. The molecule has 1 fully saturated rings. The highest BCUT2D eigenvalue weighted by Gasteiger charge is 2.23. The van der Waals surface area contributed by atoms with Gasteiger partial charge in [0, 0.05) is 58.9 Å². The number of nitrogens with two attached hydrogens (primary N) is 1. The molecular formula is C23H21Cl2N7OS. The smallest absolute Gasteiger partial charge is 0.221 e. The fourth-order valence-corrected chi connectivity index (χ4v) is 4.72. The molecule has 1 aliphatic heterocycles. The van der Waals surface area contributed by atoms with E-state index in [1.165, 1.54) is 0 Å². The zero-order chi connectivity index (χ0) is 23.8. The van der Waals surface area contributed by atoms with Gasteiger partial charge in [0.15, 0.2) is 5.69 Å². The molecule has 3 heterocycles. The van der Waals surface area contributed by atoms with Gasteiger partial charge in [0.05, 0.1) is 17.7 Å². The van der Waals surface area contributed by atoms with Crippen molar-refractivity contribution >= 4 is 73.7 Å². The molecule has 1 aliphatic rings. The second-order valence-corrected chi connectivity index (χ2v) is 9.33. The minimum atomic E-state index is -0.101. The lowest BCUT2D eigenvalue weighted by atomic mass is 10.1. The molecule has 174 valence electrons. The Bertz CT molecular complexity index is 1430. The highest BCUT2D eigenvalue weighted by Crippen LogP contribution is 2.40. The lowest BCUT2D eigenvalue weighted by molar-refractivity contribution is 0.200. The highest BCUT2D eigenvalue weighted by atomic mass is 35.5. The van der Waals surface area contributed by atoms with E-state index in [-0.39, 0.29) is 11.0 Å². The van der Waals surface area contributed by atoms with Crippen LogP contribution >= 0.6 is 35.4 Å². The fraction of sp³-hybridized carbons (Fsp3) is 0.217. The lowest BCUT2D eigenvalue weighted by Gasteiger charge is -2.36. The van der Waals surface area contributed by atoms with Gasteiger partial charge >= 0.3 is 0 Å². The van der Waals surface area contributed by atoms with E-state index in [4.69, 9.17) is 41.2 Å². The number of nitrogens with zero attached hydrogens (tertiary/aromatic N) is 6. The number of aromatic nitrogens is 2. The third-order valence-corrected chi connectivity index (χ3v) is 6.51. The predicted octanol–water partition coefficient (Wildman–Crippen LogP) is 5.31. The number of thiocarbonyl (C=S) groups is 1. The number of rotatable bonds is 4. The summed E-state index contributed by atoms with van der Waals surface area (Å²) in [6, 6.07) is 13.2. The van der Waals surface area contributed by atoms with Crippen LogP contribution in [0.2, 0.25) is 10.0 Å². The highest BCUT2D eigenvalue weighted by molar-refractivity contribution is 7.80. The van der Waals surface area contributed by atoms with Gasteiger partial charge in [0.1, 0.15) is 0 Å². The quantitative estimate of drug-likeness (QED) is 0.283. The number of fused-ring (bicyclic) bond motifs is 2. The number of halogens is 2. The Kier molecular flexibility index (Phi) is 6.26. The zero-order valence-electron chi connectivity index (χ0n) is 18.0. The summed E-state index contributed by atoms with van der Waals surface area (Å²) in [5.41, 5.74) is 8.56. The maximum atomic E-state index is 10.9. The fourth-order valence-electron chi connectivity index (χ4n) is 4.34. The summed E-state index contributed by atoms with van der Waals surface area (Å²) in [5, 5.41) is 21.7. The molecule has 0 unspecified atom stereocenters. The van der Waals surface area contributed by atoms with Crippen LogP contribution in [0.15, 0.2) is 58.9 Å². The van der Waals surface area contributed by atoms with Gasteiger partial charge in [-0.2, -0.15) is 0 Å². The Balaban J connectivity index is 1.38. The van der Waals surface area contributed by atoms with Gasteiger partial charge in [0.25, 0.3) is 0 Å². The summed E-state index contributed by atoms with van der Waals surface area (Å²) in [6.07, 6.45) is 1.82. The molecule has 0 atom stereocenters. The first-order chi connectivity index (χ1) is 16.4. The van der Waals surface area contributed by atoms with Crippen LogP contribution in [-0.4, -0.2) is 50.8 Å². The number of hydrogen-bond acceptors (Lipinski definition) is 6. The number of anilines is 1. The molecule has 0 aliphatic carbocycles. The molecule has 0 bridgehead atoms. The zero-order valence-corrected chi connectivity index (χ0v) is 20.4.